The minimum atomic E-state index is -0.568. The molecule has 2 N–H and O–H groups in total. The first-order valence-corrected chi connectivity index (χ1v) is 6.30. The summed E-state index contributed by atoms with van der Waals surface area (Å²) >= 11 is 0. The summed E-state index contributed by atoms with van der Waals surface area (Å²) in [6.45, 7) is 6.55. The van der Waals surface area contributed by atoms with Crippen LogP contribution in [0.3, 0.4) is 0 Å². The lowest BCUT2D eigenvalue weighted by Crippen LogP contribution is -2.34. The molecule has 1 aromatic carbocycles. The summed E-state index contributed by atoms with van der Waals surface area (Å²) in [6.07, 6.45) is 0. The van der Waals surface area contributed by atoms with Crippen LogP contribution < -0.4 is 5.73 Å². The second-order valence-corrected chi connectivity index (χ2v) is 4.23. The number of amides is 1. The van der Waals surface area contributed by atoms with Crippen molar-refractivity contribution in [2.75, 3.05) is 25.4 Å². The van der Waals surface area contributed by atoms with Gasteiger partial charge in [-0.3, -0.25) is 4.79 Å². The van der Waals surface area contributed by atoms with Gasteiger partial charge in [-0.1, -0.05) is 11.6 Å². The van der Waals surface area contributed by atoms with E-state index in [1.807, 2.05) is 26.8 Å². The van der Waals surface area contributed by atoms with Crippen LogP contribution in [-0.2, 0) is 9.53 Å². The molecule has 0 aliphatic carbocycles. The molecule has 0 aliphatic heterocycles. The molecule has 0 saturated carbocycles. The summed E-state index contributed by atoms with van der Waals surface area (Å²) in [4.78, 5) is 25.2. The topological polar surface area (TPSA) is 72.6 Å². The van der Waals surface area contributed by atoms with Crippen LogP contribution in [0.2, 0.25) is 0 Å². The van der Waals surface area contributed by atoms with E-state index in [4.69, 9.17) is 10.5 Å². The lowest BCUT2D eigenvalue weighted by molar-refractivity contribution is -0.134. The monoisotopic (exact) mass is 264 g/mol. The summed E-state index contributed by atoms with van der Waals surface area (Å²) in [5.74, 6) is -0.772. The molecular weight excluding hydrogens is 244 g/mol. The summed E-state index contributed by atoms with van der Waals surface area (Å²) < 4.78 is 5.00. The number of benzene rings is 1. The minimum Gasteiger partial charge on any atom is -0.452 e. The van der Waals surface area contributed by atoms with Gasteiger partial charge < -0.3 is 15.4 Å². The third-order valence-electron chi connectivity index (χ3n) is 2.87. The van der Waals surface area contributed by atoms with E-state index >= 15 is 0 Å². The summed E-state index contributed by atoms with van der Waals surface area (Å²) in [7, 11) is 0. The molecule has 1 rings (SSSR count). The summed E-state index contributed by atoms with van der Waals surface area (Å²) in [6, 6.07) is 5.12. The van der Waals surface area contributed by atoms with Gasteiger partial charge in [0.25, 0.3) is 5.91 Å². The van der Waals surface area contributed by atoms with Gasteiger partial charge in [-0.2, -0.15) is 0 Å². The van der Waals surface area contributed by atoms with Crippen LogP contribution in [0.4, 0.5) is 5.69 Å². The van der Waals surface area contributed by atoms with Crippen molar-refractivity contribution in [2.24, 2.45) is 0 Å². The highest BCUT2D eigenvalue weighted by Crippen LogP contribution is 2.14. The Bertz CT molecular complexity index is 468. The minimum absolute atomic E-state index is 0.204. The SMILES string of the molecule is CCN(CC)C(=O)COC(=O)c1cc(C)ccc1N. The summed E-state index contributed by atoms with van der Waals surface area (Å²) in [5, 5.41) is 0. The molecule has 0 heterocycles. The molecule has 0 fully saturated rings. The van der Waals surface area contributed by atoms with Crippen molar-refractivity contribution in [1.82, 2.24) is 4.90 Å². The number of carbonyl (C=O) groups excluding carboxylic acids is 2. The highest BCUT2D eigenvalue weighted by atomic mass is 16.5. The van der Waals surface area contributed by atoms with Crippen LogP contribution in [0, 0.1) is 6.92 Å². The van der Waals surface area contributed by atoms with E-state index in [1.165, 1.54) is 0 Å². The molecule has 5 heteroatoms. The van der Waals surface area contributed by atoms with Gasteiger partial charge in [0, 0.05) is 18.8 Å². The molecule has 0 aliphatic rings. The lowest BCUT2D eigenvalue weighted by atomic mass is 10.1. The molecule has 0 spiro atoms. The zero-order chi connectivity index (χ0) is 14.4. The average Bonchev–Trinajstić information content (AvgIpc) is 2.40. The maximum atomic E-state index is 11.8. The second-order valence-electron chi connectivity index (χ2n) is 4.23. The zero-order valence-corrected chi connectivity index (χ0v) is 11.6. The first-order chi connectivity index (χ1) is 8.99. The number of nitrogens with zero attached hydrogens (tertiary/aromatic N) is 1. The van der Waals surface area contributed by atoms with Crippen LogP contribution in [0.15, 0.2) is 18.2 Å². The molecule has 19 heavy (non-hydrogen) atoms. The normalized spacial score (nSPS) is 10.1. The predicted octanol–water partition coefficient (Wildman–Crippen LogP) is 1.60. The second kappa shape index (κ2) is 6.78. The number of rotatable bonds is 5. The number of esters is 1. The van der Waals surface area contributed by atoms with Crippen molar-refractivity contribution in [3.63, 3.8) is 0 Å². The van der Waals surface area contributed by atoms with Crippen molar-refractivity contribution in [1.29, 1.82) is 0 Å². The van der Waals surface area contributed by atoms with Crippen molar-refractivity contribution >= 4 is 17.6 Å². The molecule has 1 aromatic rings. The Balaban J connectivity index is 2.65. The van der Waals surface area contributed by atoms with Gasteiger partial charge in [-0.05, 0) is 32.9 Å². The fourth-order valence-electron chi connectivity index (χ4n) is 1.72. The molecule has 0 atom stereocenters. The maximum absolute atomic E-state index is 11.8. The Hall–Kier alpha value is -2.04. The van der Waals surface area contributed by atoms with Crippen LogP contribution in [0.25, 0.3) is 0 Å². The van der Waals surface area contributed by atoms with Gasteiger partial charge in [-0.15, -0.1) is 0 Å². The van der Waals surface area contributed by atoms with Crippen LogP contribution in [0.5, 0.6) is 0 Å². The van der Waals surface area contributed by atoms with E-state index in [2.05, 4.69) is 0 Å². The Kier molecular flexibility index (Phi) is 5.36. The van der Waals surface area contributed by atoms with Crippen molar-refractivity contribution in [3.05, 3.63) is 29.3 Å². The highest BCUT2D eigenvalue weighted by molar-refractivity contribution is 5.96. The van der Waals surface area contributed by atoms with Crippen molar-refractivity contribution in [3.8, 4) is 0 Å². The number of likely N-dealkylation sites (N-methyl/N-ethyl adjacent to an activating group) is 1. The van der Waals surface area contributed by atoms with Crippen LogP contribution in [-0.4, -0.2) is 36.5 Å². The van der Waals surface area contributed by atoms with Gasteiger partial charge in [0.1, 0.15) is 0 Å². The van der Waals surface area contributed by atoms with Gasteiger partial charge in [0.2, 0.25) is 0 Å². The molecule has 0 unspecified atom stereocenters. The third-order valence-corrected chi connectivity index (χ3v) is 2.87. The van der Waals surface area contributed by atoms with Gasteiger partial charge in [-0.25, -0.2) is 4.79 Å². The smallest absolute Gasteiger partial charge is 0.340 e. The van der Waals surface area contributed by atoms with Gasteiger partial charge >= 0.3 is 5.97 Å². The Morgan fingerprint density at radius 3 is 2.47 bits per heavy atom. The molecule has 5 nitrogen and oxygen atoms in total. The number of anilines is 1. The van der Waals surface area contributed by atoms with Crippen LogP contribution in [0.1, 0.15) is 29.8 Å². The quantitative estimate of drug-likeness (QED) is 0.647. The first-order valence-electron chi connectivity index (χ1n) is 6.30. The molecule has 1 amide bonds. The number of hydrogen-bond donors (Lipinski definition) is 1. The Morgan fingerprint density at radius 2 is 1.89 bits per heavy atom. The van der Waals surface area contributed by atoms with E-state index in [-0.39, 0.29) is 12.5 Å². The van der Waals surface area contributed by atoms with E-state index in [9.17, 15) is 9.59 Å². The number of ether oxygens (including phenoxy) is 1. The number of nitrogens with two attached hydrogens (primary N) is 1. The molecular formula is C14H20N2O3. The average molecular weight is 264 g/mol. The lowest BCUT2D eigenvalue weighted by Gasteiger charge is -2.18. The standard InChI is InChI=1S/C14H20N2O3/c1-4-16(5-2)13(17)9-19-14(18)11-8-10(3)6-7-12(11)15/h6-8H,4-5,9,15H2,1-3H3. The van der Waals surface area contributed by atoms with E-state index < -0.39 is 5.97 Å². The highest BCUT2D eigenvalue weighted by Gasteiger charge is 2.15. The molecule has 0 bridgehead atoms. The maximum Gasteiger partial charge on any atom is 0.340 e. The predicted molar refractivity (Wildman–Crippen MR) is 73.8 cm³/mol. The summed E-state index contributed by atoms with van der Waals surface area (Å²) in [5.41, 5.74) is 7.28. The number of hydrogen-bond acceptors (Lipinski definition) is 4. The van der Waals surface area contributed by atoms with Gasteiger partial charge in [0.15, 0.2) is 6.61 Å². The molecule has 0 saturated heterocycles. The van der Waals surface area contributed by atoms with E-state index in [1.54, 1.807) is 17.0 Å². The Labute approximate surface area is 113 Å². The van der Waals surface area contributed by atoms with E-state index in [0.29, 0.717) is 24.3 Å². The van der Waals surface area contributed by atoms with Crippen molar-refractivity contribution in [2.45, 2.75) is 20.8 Å². The molecule has 0 aromatic heterocycles. The van der Waals surface area contributed by atoms with Crippen molar-refractivity contribution < 1.29 is 14.3 Å². The first kappa shape index (κ1) is 15.0. The Morgan fingerprint density at radius 1 is 1.26 bits per heavy atom. The number of nitrogen functional groups attached to an aromatic ring is 1. The molecule has 104 valence electrons. The van der Waals surface area contributed by atoms with Gasteiger partial charge in [0.05, 0.1) is 5.56 Å². The number of carbonyl (C=O) groups is 2. The molecule has 0 radical (unpaired) electrons. The largest absolute Gasteiger partial charge is 0.452 e. The fraction of sp³-hybridized carbons (Fsp3) is 0.429. The van der Waals surface area contributed by atoms with Crippen LogP contribution >= 0.6 is 0 Å². The fourth-order valence-corrected chi connectivity index (χ4v) is 1.72. The zero-order valence-electron chi connectivity index (χ0n) is 11.6. The number of aryl methyl sites for hydroxylation is 1. The van der Waals surface area contributed by atoms with E-state index in [0.717, 1.165) is 5.56 Å². The third kappa shape index (κ3) is 3.98.